The first kappa shape index (κ1) is 19.5. The maximum atomic E-state index is 12.2. The van der Waals surface area contributed by atoms with E-state index in [1.807, 2.05) is 42.5 Å². The van der Waals surface area contributed by atoms with E-state index >= 15 is 0 Å². The van der Waals surface area contributed by atoms with E-state index < -0.39 is 0 Å². The van der Waals surface area contributed by atoms with E-state index in [9.17, 15) is 9.59 Å². The summed E-state index contributed by atoms with van der Waals surface area (Å²) in [4.78, 5) is 26.4. The van der Waals surface area contributed by atoms with Crippen LogP contribution < -0.4 is 15.5 Å². The molecule has 0 radical (unpaired) electrons. The monoisotopic (exact) mass is 353 g/mol. The molecular weight excluding hydrogens is 326 g/mol. The molecular formula is C21H27N3O2. The molecule has 0 bridgehead atoms. The fraction of sp³-hybridized carbons (Fsp3) is 0.333. The SMILES string of the molecule is CCN(c1ccc(C(=O)NCCNC(=O)c2ccccc2)cc1)C(C)C. The van der Waals surface area contributed by atoms with E-state index in [-0.39, 0.29) is 11.8 Å². The van der Waals surface area contributed by atoms with Gasteiger partial charge in [0.25, 0.3) is 11.8 Å². The van der Waals surface area contributed by atoms with Crippen LogP contribution in [0.2, 0.25) is 0 Å². The molecule has 0 aliphatic heterocycles. The molecule has 5 nitrogen and oxygen atoms in total. The summed E-state index contributed by atoms with van der Waals surface area (Å²) in [6.07, 6.45) is 0. The Hall–Kier alpha value is -2.82. The number of nitrogens with zero attached hydrogens (tertiary/aromatic N) is 1. The summed E-state index contributed by atoms with van der Waals surface area (Å²) < 4.78 is 0. The number of carbonyl (C=O) groups excluding carboxylic acids is 2. The lowest BCUT2D eigenvalue weighted by Crippen LogP contribution is -2.34. The van der Waals surface area contributed by atoms with Crippen molar-refractivity contribution in [2.24, 2.45) is 0 Å². The number of benzene rings is 2. The third-order valence-electron chi connectivity index (χ3n) is 4.16. The molecule has 2 aromatic rings. The smallest absolute Gasteiger partial charge is 0.251 e. The van der Waals surface area contributed by atoms with Gasteiger partial charge in [-0.1, -0.05) is 18.2 Å². The van der Waals surface area contributed by atoms with Crippen LogP contribution >= 0.6 is 0 Å². The van der Waals surface area contributed by atoms with E-state index in [1.54, 1.807) is 12.1 Å². The Kier molecular flexibility index (Phi) is 7.21. The second kappa shape index (κ2) is 9.61. The number of carbonyl (C=O) groups is 2. The molecule has 2 N–H and O–H groups in total. The average Bonchev–Trinajstić information content (AvgIpc) is 2.66. The second-order valence-corrected chi connectivity index (χ2v) is 6.30. The van der Waals surface area contributed by atoms with Gasteiger partial charge in [-0.2, -0.15) is 0 Å². The maximum absolute atomic E-state index is 12.2. The van der Waals surface area contributed by atoms with Gasteiger partial charge in [-0.05, 0) is 57.2 Å². The lowest BCUT2D eigenvalue weighted by Gasteiger charge is -2.27. The van der Waals surface area contributed by atoms with Gasteiger partial charge >= 0.3 is 0 Å². The highest BCUT2D eigenvalue weighted by atomic mass is 16.2. The summed E-state index contributed by atoms with van der Waals surface area (Å²) in [5.74, 6) is -0.282. The highest BCUT2D eigenvalue weighted by molar-refractivity contribution is 5.95. The molecule has 2 amide bonds. The minimum Gasteiger partial charge on any atom is -0.369 e. The molecule has 0 unspecified atom stereocenters. The predicted molar refractivity (Wildman–Crippen MR) is 106 cm³/mol. The summed E-state index contributed by atoms with van der Waals surface area (Å²) in [7, 11) is 0. The Morgan fingerprint density at radius 2 is 1.35 bits per heavy atom. The van der Waals surface area contributed by atoms with E-state index in [1.165, 1.54) is 0 Å². The van der Waals surface area contributed by atoms with Gasteiger partial charge in [0.2, 0.25) is 0 Å². The van der Waals surface area contributed by atoms with Crippen molar-refractivity contribution < 1.29 is 9.59 Å². The number of rotatable bonds is 8. The van der Waals surface area contributed by atoms with E-state index in [0.717, 1.165) is 12.2 Å². The largest absolute Gasteiger partial charge is 0.369 e. The molecule has 0 aromatic heterocycles. The standard InChI is InChI=1S/C21H27N3O2/c1-4-24(16(2)3)19-12-10-18(11-13-19)21(26)23-15-14-22-20(25)17-8-6-5-7-9-17/h5-13,16H,4,14-15H2,1-3H3,(H,22,25)(H,23,26). The topological polar surface area (TPSA) is 61.4 Å². The molecule has 0 saturated carbocycles. The number of amides is 2. The average molecular weight is 353 g/mol. The molecule has 0 aliphatic rings. The van der Waals surface area contributed by atoms with Gasteiger partial charge in [-0.15, -0.1) is 0 Å². The fourth-order valence-corrected chi connectivity index (χ4v) is 2.80. The van der Waals surface area contributed by atoms with Crippen molar-refractivity contribution >= 4 is 17.5 Å². The van der Waals surface area contributed by atoms with Crippen LogP contribution in [0.15, 0.2) is 54.6 Å². The van der Waals surface area contributed by atoms with Gasteiger partial charge in [-0.3, -0.25) is 9.59 Å². The van der Waals surface area contributed by atoms with Crippen molar-refractivity contribution in [2.45, 2.75) is 26.8 Å². The molecule has 138 valence electrons. The first-order chi connectivity index (χ1) is 12.5. The minimum absolute atomic E-state index is 0.141. The zero-order valence-electron chi connectivity index (χ0n) is 15.7. The van der Waals surface area contributed by atoms with Crippen LogP contribution in [-0.4, -0.2) is 37.5 Å². The normalized spacial score (nSPS) is 10.5. The van der Waals surface area contributed by atoms with Gasteiger partial charge in [-0.25, -0.2) is 0 Å². The van der Waals surface area contributed by atoms with Gasteiger partial charge < -0.3 is 15.5 Å². The van der Waals surface area contributed by atoms with Gasteiger partial charge in [0.1, 0.15) is 0 Å². The summed E-state index contributed by atoms with van der Waals surface area (Å²) in [5, 5.41) is 5.61. The van der Waals surface area contributed by atoms with Gasteiger partial charge in [0.05, 0.1) is 0 Å². The third kappa shape index (κ3) is 5.34. The van der Waals surface area contributed by atoms with Crippen molar-refractivity contribution in [1.29, 1.82) is 0 Å². The number of hydrogen-bond acceptors (Lipinski definition) is 3. The highest BCUT2D eigenvalue weighted by Crippen LogP contribution is 2.17. The lowest BCUT2D eigenvalue weighted by atomic mass is 10.1. The van der Waals surface area contributed by atoms with Crippen molar-refractivity contribution in [1.82, 2.24) is 10.6 Å². The van der Waals surface area contributed by atoms with E-state index in [4.69, 9.17) is 0 Å². The number of nitrogens with one attached hydrogen (secondary N) is 2. The summed E-state index contributed by atoms with van der Waals surface area (Å²) in [6, 6.07) is 17.0. The molecule has 5 heteroatoms. The van der Waals surface area contributed by atoms with Gasteiger partial charge in [0.15, 0.2) is 0 Å². The van der Waals surface area contributed by atoms with Crippen LogP contribution in [0.5, 0.6) is 0 Å². The molecule has 0 aliphatic carbocycles. The summed E-state index contributed by atoms with van der Waals surface area (Å²) >= 11 is 0. The first-order valence-corrected chi connectivity index (χ1v) is 9.01. The Bertz CT molecular complexity index is 712. The fourth-order valence-electron chi connectivity index (χ4n) is 2.80. The van der Waals surface area contributed by atoms with E-state index in [0.29, 0.717) is 30.3 Å². The number of anilines is 1. The molecule has 0 spiro atoms. The lowest BCUT2D eigenvalue weighted by molar-refractivity contribution is 0.0927. The molecule has 26 heavy (non-hydrogen) atoms. The van der Waals surface area contributed by atoms with Gasteiger partial charge in [0, 0.05) is 42.5 Å². The zero-order chi connectivity index (χ0) is 18.9. The van der Waals surface area contributed by atoms with E-state index in [2.05, 4.69) is 36.3 Å². The summed E-state index contributed by atoms with van der Waals surface area (Å²) in [6.45, 7) is 8.09. The molecule has 0 atom stereocenters. The molecule has 0 fully saturated rings. The van der Waals surface area contributed by atoms with Crippen LogP contribution in [0.25, 0.3) is 0 Å². The van der Waals surface area contributed by atoms with Crippen LogP contribution in [-0.2, 0) is 0 Å². The van der Waals surface area contributed by atoms with Crippen molar-refractivity contribution in [3.05, 3.63) is 65.7 Å². The minimum atomic E-state index is -0.141. The Morgan fingerprint density at radius 1 is 0.846 bits per heavy atom. The first-order valence-electron chi connectivity index (χ1n) is 9.01. The Morgan fingerprint density at radius 3 is 1.81 bits per heavy atom. The quantitative estimate of drug-likeness (QED) is 0.717. The predicted octanol–water partition coefficient (Wildman–Crippen LogP) is 3.08. The van der Waals surface area contributed by atoms with Crippen LogP contribution in [0.1, 0.15) is 41.5 Å². The molecule has 2 rings (SSSR count). The maximum Gasteiger partial charge on any atom is 0.251 e. The van der Waals surface area contributed by atoms with Crippen molar-refractivity contribution in [3.63, 3.8) is 0 Å². The Balaban J connectivity index is 1.80. The summed E-state index contributed by atoms with van der Waals surface area (Å²) in [5.41, 5.74) is 2.33. The zero-order valence-corrected chi connectivity index (χ0v) is 15.7. The molecule has 0 heterocycles. The van der Waals surface area contributed by atoms with Crippen LogP contribution in [0.4, 0.5) is 5.69 Å². The van der Waals surface area contributed by atoms with Crippen molar-refractivity contribution in [2.75, 3.05) is 24.5 Å². The highest BCUT2D eigenvalue weighted by Gasteiger charge is 2.10. The van der Waals surface area contributed by atoms with Crippen molar-refractivity contribution in [3.8, 4) is 0 Å². The second-order valence-electron chi connectivity index (χ2n) is 6.30. The molecule has 2 aromatic carbocycles. The van der Waals surface area contributed by atoms with Crippen LogP contribution in [0.3, 0.4) is 0 Å². The van der Waals surface area contributed by atoms with Crippen LogP contribution in [0, 0.1) is 0 Å². The molecule has 0 saturated heterocycles. The third-order valence-corrected chi connectivity index (χ3v) is 4.16. The Labute approximate surface area is 155 Å². The number of hydrogen-bond donors (Lipinski definition) is 2.